The van der Waals surface area contributed by atoms with Gasteiger partial charge in [-0.25, -0.2) is 0 Å². The third-order valence-electron chi connectivity index (χ3n) is 2.12. The Morgan fingerprint density at radius 1 is 1.46 bits per heavy atom. The van der Waals surface area contributed by atoms with Crippen LogP contribution in [0.2, 0.25) is 0 Å². The lowest BCUT2D eigenvalue weighted by molar-refractivity contribution is 0.348. The summed E-state index contributed by atoms with van der Waals surface area (Å²) in [6.45, 7) is 4.78. The van der Waals surface area contributed by atoms with Crippen molar-refractivity contribution in [3.63, 3.8) is 0 Å². The van der Waals surface area contributed by atoms with Crippen molar-refractivity contribution in [2.75, 3.05) is 20.6 Å². The first-order valence-electron chi connectivity index (χ1n) is 4.92. The Labute approximate surface area is 82.0 Å². The maximum Gasteiger partial charge on any atom is 0.0222 e. The second-order valence-corrected chi connectivity index (χ2v) is 3.68. The number of nitrogens with one attached hydrogen (secondary N) is 1. The molecular weight excluding hydrogens is 162 g/mol. The molecule has 0 radical (unpaired) electrons. The van der Waals surface area contributed by atoms with Crippen molar-refractivity contribution in [2.24, 2.45) is 5.84 Å². The van der Waals surface area contributed by atoms with E-state index in [0.29, 0.717) is 6.04 Å². The summed E-state index contributed by atoms with van der Waals surface area (Å²) in [7, 11) is 4.16. The molecule has 0 aliphatic carbocycles. The van der Waals surface area contributed by atoms with Gasteiger partial charge in [-0.2, -0.15) is 0 Å². The van der Waals surface area contributed by atoms with Crippen LogP contribution in [0.3, 0.4) is 0 Å². The van der Waals surface area contributed by atoms with Crippen molar-refractivity contribution in [3.05, 3.63) is 12.7 Å². The third kappa shape index (κ3) is 7.96. The van der Waals surface area contributed by atoms with E-state index in [1.54, 1.807) is 0 Å². The summed E-state index contributed by atoms with van der Waals surface area (Å²) in [5.41, 5.74) is 2.86. The fourth-order valence-corrected chi connectivity index (χ4v) is 1.23. The molecule has 0 saturated carbocycles. The molecule has 0 aliphatic rings. The zero-order chi connectivity index (χ0) is 10.1. The van der Waals surface area contributed by atoms with Crippen molar-refractivity contribution in [1.82, 2.24) is 10.3 Å². The SMILES string of the molecule is C=CCCCC(CCN(C)C)NN. The minimum atomic E-state index is 0.447. The lowest BCUT2D eigenvalue weighted by atomic mass is 10.1. The number of allylic oxidation sites excluding steroid dienone is 1. The van der Waals surface area contributed by atoms with Gasteiger partial charge in [0.15, 0.2) is 0 Å². The highest BCUT2D eigenvalue weighted by molar-refractivity contribution is 4.70. The van der Waals surface area contributed by atoms with Gasteiger partial charge in [0.2, 0.25) is 0 Å². The second-order valence-electron chi connectivity index (χ2n) is 3.68. The number of unbranched alkanes of at least 4 members (excludes halogenated alkanes) is 1. The number of hydrogen-bond donors (Lipinski definition) is 2. The first kappa shape index (κ1) is 12.6. The van der Waals surface area contributed by atoms with Crippen LogP contribution in [0.15, 0.2) is 12.7 Å². The third-order valence-corrected chi connectivity index (χ3v) is 2.12. The smallest absolute Gasteiger partial charge is 0.0222 e. The average molecular weight is 185 g/mol. The van der Waals surface area contributed by atoms with Gasteiger partial charge in [0.25, 0.3) is 0 Å². The van der Waals surface area contributed by atoms with E-state index in [2.05, 4.69) is 31.0 Å². The van der Waals surface area contributed by atoms with Crippen molar-refractivity contribution in [3.8, 4) is 0 Å². The fraction of sp³-hybridized carbons (Fsp3) is 0.800. The van der Waals surface area contributed by atoms with Crippen LogP contribution in [0.25, 0.3) is 0 Å². The molecule has 3 heteroatoms. The van der Waals surface area contributed by atoms with E-state index in [9.17, 15) is 0 Å². The summed E-state index contributed by atoms with van der Waals surface area (Å²) in [5, 5.41) is 0. The van der Waals surface area contributed by atoms with Crippen molar-refractivity contribution >= 4 is 0 Å². The van der Waals surface area contributed by atoms with E-state index in [-0.39, 0.29) is 0 Å². The van der Waals surface area contributed by atoms with E-state index in [1.165, 1.54) is 6.42 Å². The average Bonchev–Trinajstić information content (AvgIpc) is 2.10. The Balaban J connectivity index is 3.44. The highest BCUT2D eigenvalue weighted by Gasteiger charge is 2.05. The highest BCUT2D eigenvalue weighted by Crippen LogP contribution is 2.04. The van der Waals surface area contributed by atoms with Crippen LogP contribution < -0.4 is 11.3 Å². The molecule has 0 rings (SSSR count). The first-order valence-corrected chi connectivity index (χ1v) is 4.92. The predicted octanol–water partition coefficient (Wildman–Crippen LogP) is 1.13. The van der Waals surface area contributed by atoms with Crippen LogP contribution in [0, 0.1) is 0 Å². The molecule has 0 aromatic heterocycles. The van der Waals surface area contributed by atoms with Gasteiger partial charge in [-0.3, -0.25) is 11.3 Å². The normalized spacial score (nSPS) is 13.2. The predicted molar refractivity (Wildman–Crippen MR) is 58.3 cm³/mol. The maximum absolute atomic E-state index is 5.45. The van der Waals surface area contributed by atoms with E-state index in [0.717, 1.165) is 25.8 Å². The van der Waals surface area contributed by atoms with Crippen LogP contribution >= 0.6 is 0 Å². The van der Waals surface area contributed by atoms with Crippen molar-refractivity contribution < 1.29 is 0 Å². The Morgan fingerprint density at radius 2 is 2.15 bits per heavy atom. The van der Waals surface area contributed by atoms with Gasteiger partial charge in [-0.15, -0.1) is 6.58 Å². The zero-order valence-corrected chi connectivity index (χ0v) is 8.92. The van der Waals surface area contributed by atoms with Gasteiger partial charge < -0.3 is 4.90 Å². The van der Waals surface area contributed by atoms with Gasteiger partial charge >= 0.3 is 0 Å². The molecule has 0 aliphatic heterocycles. The molecule has 0 heterocycles. The standard InChI is InChI=1S/C10H23N3/c1-4-5-6-7-10(12-11)8-9-13(2)3/h4,10,12H,1,5-9,11H2,2-3H3. The molecule has 0 fully saturated rings. The Kier molecular flexibility index (Phi) is 7.99. The summed E-state index contributed by atoms with van der Waals surface area (Å²) in [6.07, 6.45) is 6.46. The number of nitrogens with two attached hydrogens (primary N) is 1. The molecular formula is C10H23N3. The quantitative estimate of drug-likeness (QED) is 0.258. The van der Waals surface area contributed by atoms with Gasteiger partial charge in [0.05, 0.1) is 0 Å². The summed E-state index contributed by atoms with van der Waals surface area (Å²) in [6, 6.07) is 0.447. The van der Waals surface area contributed by atoms with Crippen LogP contribution in [0.4, 0.5) is 0 Å². The van der Waals surface area contributed by atoms with E-state index < -0.39 is 0 Å². The van der Waals surface area contributed by atoms with Crippen LogP contribution in [0.5, 0.6) is 0 Å². The van der Waals surface area contributed by atoms with Gasteiger partial charge in [-0.05, 0) is 46.3 Å². The summed E-state index contributed by atoms with van der Waals surface area (Å²) >= 11 is 0. The molecule has 3 nitrogen and oxygen atoms in total. The molecule has 0 saturated heterocycles. The minimum Gasteiger partial charge on any atom is -0.309 e. The summed E-state index contributed by atoms with van der Waals surface area (Å²) in [5.74, 6) is 5.45. The van der Waals surface area contributed by atoms with Crippen LogP contribution in [0.1, 0.15) is 25.7 Å². The lowest BCUT2D eigenvalue weighted by Gasteiger charge is -2.17. The molecule has 78 valence electrons. The monoisotopic (exact) mass is 185 g/mol. The highest BCUT2D eigenvalue weighted by atomic mass is 15.2. The van der Waals surface area contributed by atoms with Crippen LogP contribution in [-0.4, -0.2) is 31.6 Å². The molecule has 0 aromatic rings. The van der Waals surface area contributed by atoms with Crippen LogP contribution in [-0.2, 0) is 0 Å². The number of rotatable bonds is 8. The Hall–Kier alpha value is -0.380. The van der Waals surface area contributed by atoms with Gasteiger partial charge in [0, 0.05) is 6.04 Å². The molecule has 0 aromatic carbocycles. The van der Waals surface area contributed by atoms with E-state index >= 15 is 0 Å². The minimum absolute atomic E-state index is 0.447. The maximum atomic E-state index is 5.45. The summed E-state index contributed by atoms with van der Waals surface area (Å²) in [4.78, 5) is 2.18. The zero-order valence-electron chi connectivity index (χ0n) is 8.92. The number of hydrazine groups is 1. The topological polar surface area (TPSA) is 41.3 Å². The Morgan fingerprint density at radius 3 is 2.62 bits per heavy atom. The first-order chi connectivity index (χ1) is 6.20. The molecule has 1 unspecified atom stereocenters. The fourth-order valence-electron chi connectivity index (χ4n) is 1.23. The molecule has 1 atom stereocenters. The molecule has 0 amide bonds. The summed E-state index contributed by atoms with van der Waals surface area (Å²) < 4.78 is 0. The van der Waals surface area contributed by atoms with Crippen molar-refractivity contribution in [1.29, 1.82) is 0 Å². The number of hydrogen-bond acceptors (Lipinski definition) is 3. The second kappa shape index (κ2) is 8.23. The molecule has 0 spiro atoms. The van der Waals surface area contributed by atoms with Gasteiger partial charge in [0.1, 0.15) is 0 Å². The largest absolute Gasteiger partial charge is 0.309 e. The van der Waals surface area contributed by atoms with Crippen molar-refractivity contribution in [2.45, 2.75) is 31.7 Å². The Bertz CT molecular complexity index is 123. The lowest BCUT2D eigenvalue weighted by Crippen LogP contribution is -2.37. The molecule has 3 N–H and O–H groups in total. The molecule has 0 bridgehead atoms. The van der Waals surface area contributed by atoms with Gasteiger partial charge in [-0.1, -0.05) is 6.08 Å². The van der Waals surface area contributed by atoms with E-state index in [1.807, 2.05) is 6.08 Å². The molecule has 13 heavy (non-hydrogen) atoms. The van der Waals surface area contributed by atoms with E-state index in [4.69, 9.17) is 5.84 Å². The number of nitrogens with zero attached hydrogens (tertiary/aromatic N) is 1.